The molecule has 0 aliphatic carbocycles. The third-order valence-electron chi connectivity index (χ3n) is 5.64. The first-order valence-corrected chi connectivity index (χ1v) is 12.5. The van der Waals surface area contributed by atoms with Gasteiger partial charge >= 0.3 is 0 Å². The molecule has 26 heavy (non-hydrogen) atoms. The molecule has 0 aromatic heterocycles. The zero-order chi connectivity index (χ0) is 19.7. The predicted octanol–water partition coefficient (Wildman–Crippen LogP) is 6.80. The summed E-state index contributed by atoms with van der Waals surface area (Å²) in [6.45, 7) is 17.6. The minimum absolute atomic E-state index is 0.181. The van der Waals surface area contributed by atoms with Gasteiger partial charge in [-0.3, -0.25) is 0 Å². The van der Waals surface area contributed by atoms with Crippen LogP contribution in [-0.4, -0.2) is 13.4 Å². The molecular formula is C23H34O2Si. The molecule has 1 atom stereocenters. The summed E-state index contributed by atoms with van der Waals surface area (Å²) in [7, 11) is -1.86. The fourth-order valence-electron chi connectivity index (χ4n) is 2.82. The summed E-state index contributed by atoms with van der Waals surface area (Å²) in [5.74, 6) is 1.04. The highest BCUT2D eigenvalue weighted by molar-refractivity contribution is 6.74. The molecule has 0 bridgehead atoms. The van der Waals surface area contributed by atoms with E-state index in [1.807, 2.05) is 19.1 Å². The van der Waals surface area contributed by atoms with Gasteiger partial charge < -0.3 is 9.53 Å². The first-order chi connectivity index (χ1) is 12.0. The van der Waals surface area contributed by atoms with Crippen molar-refractivity contribution in [2.45, 2.75) is 72.2 Å². The van der Waals surface area contributed by atoms with Crippen molar-refractivity contribution in [2.24, 2.45) is 0 Å². The quantitative estimate of drug-likeness (QED) is 0.587. The van der Waals surface area contributed by atoms with Crippen LogP contribution >= 0.6 is 0 Å². The molecule has 0 radical (unpaired) electrons. The van der Waals surface area contributed by atoms with Gasteiger partial charge in [-0.25, -0.2) is 0 Å². The molecule has 142 valence electrons. The molecule has 0 saturated heterocycles. The lowest BCUT2D eigenvalue weighted by Gasteiger charge is -2.37. The van der Waals surface area contributed by atoms with E-state index in [2.05, 4.69) is 72.0 Å². The van der Waals surface area contributed by atoms with E-state index in [9.17, 15) is 5.11 Å². The summed E-state index contributed by atoms with van der Waals surface area (Å²) < 4.78 is 6.59. The second kappa shape index (κ2) is 7.57. The van der Waals surface area contributed by atoms with Crippen molar-refractivity contribution in [2.75, 3.05) is 0 Å². The van der Waals surface area contributed by atoms with Crippen molar-refractivity contribution < 1.29 is 9.53 Å². The van der Waals surface area contributed by atoms with Gasteiger partial charge in [-0.05, 0) is 78.4 Å². The Morgan fingerprint density at radius 2 is 1.46 bits per heavy atom. The van der Waals surface area contributed by atoms with E-state index in [1.165, 1.54) is 22.3 Å². The van der Waals surface area contributed by atoms with Crippen molar-refractivity contribution in [1.82, 2.24) is 0 Å². The SMILES string of the molecule is CCC(O)c1ccc(-c2cc(C)c(O[Si](C)(C)C(C)(C)C)c(C)c2)cc1. The Hall–Kier alpha value is -1.58. The number of aryl methyl sites for hydroxylation is 2. The number of rotatable bonds is 5. The molecule has 0 fully saturated rings. The average Bonchev–Trinajstić information content (AvgIpc) is 2.56. The highest BCUT2D eigenvalue weighted by atomic mass is 28.4. The van der Waals surface area contributed by atoms with Crippen LogP contribution in [0.5, 0.6) is 5.75 Å². The molecule has 2 rings (SSSR count). The van der Waals surface area contributed by atoms with Crippen LogP contribution in [0.2, 0.25) is 18.1 Å². The number of benzene rings is 2. The minimum atomic E-state index is -1.86. The highest BCUT2D eigenvalue weighted by Gasteiger charge is 2.39. The molecule has 1 N–H and O–H groups in total. The first kappa shape index (κ1) is 20.7. The van der Waals surface area contributed by atoms with E-state index in [1.54, 1.807) is 0 Å². The number of aliphatic hydroxyl groups excluding tert-OH is 1. The van der Waals surface area contributed by atoms with Crippen LogP contribution < -0.4 is 4.43 Å². The molecule has 0 aliphatic rings. The molecule has 0 amide bonds. The molecule has 0 spiro atoms. The molecular weight excluding hydrogens is 336 g/mol. The average molecular weight is 371 g/mol. The van der Waals surface area contributed by atoms with E-state index in [0.29, 0.717) is 0 Å². The third kappa shape index (κ3) is 4.39. The fourth-order valence-corrected chi connectivity index (χ4v) is 3.96. The van der Waals surface area contributed by atoms with Crippen LogP contribution in [0, 0.1) is 13.8 Å². The molecule has 2 aromatic rings. The molecule has 2 nitrogen and oxygen atoms in total. The lowest BCUT2D eigenvalue weighted by molar-refractivity contribution is 0.173. The van der Waals surface area contributed by atoms with Crippen LogP contribution in [0.25, 0.3) is 11.1 Å². The second-order valence-electron chi connectivity index (χ2n) is 8.85. The van der Waals surface area contributed by atoms with Gasteiger partial charge in [-0.1, -0.05) is 52.0 Å². The van der Waals surface area contributed by atoms with E-state index in [4.69, 9.17) is 4.43 Å². The second-order valence-corrected chi connectivity index (χ2v) is 13.6. The van der Waals surface area contributed by atoms with E-state index in [0.717, 1.165) is 17.7 Å². The Kier molecular flexibility index (Phi) is 6.04. The monoisotopic (exact) mass is 370 g/mol. The minimum Gasteiger partial charge on any atom is -0.543 e. The summed E-state index contributed by atoms with van der Waals surface area (Å²) >= 11 is 0. The molecule has 0 aliphatic heterocycles. The number of hydrogen-bond donors (Lipinski definition) is 1. The Morgan fingerprint density at radius 1 is 0.962 bits per heavy atom. The summed E-state index contributed by atoms with van der Waals surface area (Å²) in [6, 6.07) is 12.7. The topological polar surface area (TPSA) is 29.5 Å². The van der Waals surface area contributed by atoms with Crippen molar-refractivity contribution in [3.05, 3.63) is 53.1 Å². The largest absolute Gasteiger partial charge is 0.543 e. The zero-order valence-corrected chi connectivity index (χ0v) is 18.6. The summed E-state index contributed by atoms with van der Waals surface area (Å²) in [4.78, 5) is 0. The first-order valence-electron chi connectivity index (χ1n) is 9.55. The maximum atomic E-state index is 9.98. The lowest BCUT2D eigenvalue weighted by atomic mass is 9.97. The Morgan fingerprint density at radius 3 is 1.88 bits per heavy atom. The van der Waals surface area contributed by atoms with E-state index in [-0.39, 0.29) is 11.1 Å². The van der Waals surface area contributed by atoms with Gasteiger partial charge in [0.15, 0.2) is 0 Å². The van der Waals surface area contributed by atoms with Crippen LogP contribution in [0.3, 0.4) is 0 Å². The summed E-state index contributed by atoms with van der Waals surface area (Å²) in [5, 5.41) is 10.2. The normalized spacial score (nSPS) is 13.6. The Bertz CT molecular complexity index is 732. The maximum absolute atomic E-state index is 9.98. The van der Waals surface area contributed by atoms with Gasteiger partial charge in [0.25, 0.3) is 8.32 Å². The number of aliphatic hydroxyl groups is 1. The van der Waals surface area contributed by atoms with Gasteiger partial charge in [0.2, 0.25) is 0 Å². The van der Waals surface area contributed by atoms with Crippen molar-refractivity contribution >= 4 is 8.32 Å². The maximum Gasteiger partial charge on any atom is 0.250 e. The Balaban J connectivity index is 2.35. The predicted molar refractivity (Wildman–Crippen MR) is 114 cm³/mol. The molecule has 0 saturated carbocycles. The molecule has 2 aromatic carbocycles. The fraction of sp³-hybridized carbons (Fsp3) is 0.478. The van der Waals surface area contributed by atoms with Gasteiger partial charge in [0.1, 0.15) is 5.75 Å². The van der Waals surface area contributed by atoms with Gasteiger partial charge in [0.05, 0.1) is 6.10 Å². The van der Waals surface area contributed by atoms with Crippen LogP contribution in [0.4, 0.5) is 0 Å². The molecule has 0 heterocycles. The summed E-state index contributed by atoms with van der Waals surface area (Å²) in [6.07, 6.45) is 0.352. The van der Waals surface area contributed by atoms with Crippen LogP contribution in [-0.2, 0) is 0 Å². The molecule has 1 unspecified atom stereocenters. The highest BCUT2D eigenvalue weighted by Crippen LogP contribution is 2.40. The van der Waals surface area contributed by atoms with Gasteiger partial charge in [-0.2, -0.15) is 0 Å². The van der Waals surface area contributed by atoms with Crippen molar-refractivity contribution in [1.29, 1.82) is 0 Å². The van der Waals surface area contributed by atoms with Crippen molar-refractivity contribution in [3.8, 4) is 16.9 Å². The lowest BCUT2D eigenvalue weighted by Crippen LogP contribution is -2.44. The van der Waals surface area contributed by atoms with Crippen LogP contribution in [0.15, 0.2) is 36.4 Å². The van der Waals surface area contributed by atoms with Crippen LogP contribution in [0.1, 0.15) is 56.9 Å². The van der Waals surface area contributed by atoms with Gasteiger partial charge in [0, 0.05) is 0 Å². The van der Waals surface area contributed by atoms with E-state index < -0.39 is 8.32 Å². The zero-order valence-electron chi connectivity index (χ0n) is 17.6. The Labute approximate surface area is 160 Å². The standard InChI is InChI=1S/C23H34O2Si/c1-9-21(24)19-12-10-18(11-13-19)20-14-16(2)22(17(3)15-20)25-26(7,8)23(4,5)6/h10-15,21,24H,9H2,1-8H3. The molecule has 3 heteroatoms. The van der Waals surface area contributed by atoms with Gasteiger partial charge in [-0.15, -0.1) is 0 Å². The smallest absolute Gasteiger partial charge is 0.250 e. The number of hydrogen-bond acceptors (Lipinski definition) is 2. The van der Waals surface area contributed by atoms with E-state index >= 15 is 0 Å². The third-order valence-corrected chi connectivity index (χ3v) is 9.97. The summed E-state index contributed by atoms with van der Waals surface area (Å²) in [5.41, 5.74) is 5.70. The van der Waals surface area contributed by atoms with Crippen molar-refractivity contribution in [3.63, 3.8) is 0 Å².